The average Bonchev–Trinajstić information content (AvgIpc) is 2.69. The van der Waals surface area contributed by atoms with Crippen LogP contribution >= 0.6 is 27.5 Å². The molecule has 0 aliphatic heterocycles. The molecule has 11 heteroatoms. The number of carbonyl (C=O) groups is 1. The number of hydrogen-bond acceptors (Lipinski definition) is 3. The van der Waals surface area contributed by atoms with Gasteiger partial charge in [0.05, 0.1) is 21.2 Å². The number of alkyl halides is 3. The normalized spacial score (nSPS) is 11.8. The second-order valence-electron chi connectivity index (χ2n) is 6.29. The molecular formula is C20H13BrClF3N2O3S. The van der Waals surface area contributed by atoms with Crippen molar-refractivity contribution in [2.24, 2.45) is 0 Å². The maximum Gasteiger partial charge on any atom is 0.416 e. The van der Waals surface area contributed by atoms with E-state index in [0.717, 1.165) is 22.7 Å². The van der Waals surface area contributed by atoms with Crippen LogP contribution in [0, 0.1) is 0 Å². The van der Waals surface area contributed by atoms with Gasteiger partial charge >= 0.3 is 6.18 Å². The van der Waals surface area contributed by atoms with Gasteiger partial charge in [-0.1, -0.05) is 39.7 Å². The number of benzene rings is 3. The Bertz CT molecular complexity index is 1250. The number of hydrogen-bond donors (Lipinski definition) is 2. The first-order valence-electron chi connectivity index (χ1n) is 8.52. The van der Waals surface area contributed by atoms with E-state index in [-0.39, 0.29) is 15.5 Å². The van der Waals surface area contributed by atoms with Crippen molar-refractivity contribution in [1.29, 1.82) is 0 Å². The van der Waals surface area contributed by atoms with E-state index in [0.29, 0.717) is 11.8 Å². The molecule has 0 radical (unpaired) electrons. The zero-order valence-corrected chi connectivity index (χ0v) is 18.5. The SMILES string of the molecule is O=C(Nc1cccc(Br)c1)c1cccc(S(=O)(=O)Nc2cc(C(F)(F)F)ccc2Cl)c1. The summed E-state index contributed by atoms with van der Waals surface area (Å²) >= 11 is 9.14. The molecule has 0 spiro atoms. The molecule has 5 nitrogen and oxygen atoms in total. The summed E-state index contributed by atoms with van der Waals surface area (Å²) in [4.78, 5) is 12.2. The average molecular weight is 534 g/mol. The van der Waals surface area contributed by atoms with Gasteiger partial charge in [-0.05, 0) is 54.6 Å². The number of anilines is 2. The third-order valence-corrected chi connectivity index (χ3v) is 6.21. The summed E-state index contributed by atoms with van der Waals surface area (Å²) in [6, 6.07) is 14.2. The standard InChI is InChI=1S/C20H13BrClF3N2O3S/c21-14-4-2-5-15(11-14)26-19(28)12-3-1-6-16(9-12)31(29,30)27-18-10-13(20(23,24)25)7-8-17(18)22/h1-11,27H,(H,26,28). The Kier molecular flexibility index (Phi) is 6.63. The Labute approximate surface area is 189 Å². The lowest BCUT2D eigenvalue weighted by Crippen LogP contribution is -2.16. The van der Waals surface area contributed by atoms with Crippen LogP contribution in [-0.2, 0) is 16.2 Å². The van der Waals surface area contributed by atoms with E-state index >= 15 is 0 Å². The Morgan fingerprint density at radius 3 is 2.35 bits per heavy atom. The summed E-state index contributed by atoms with van der Waals surface area (Å²) < 4.78 is 67.0. The molecule has 0 unspecified atom stereocenters. The van der Waals surface area contributed by atoms with Gasteiger partial charge in [-0.15, -0.1) is 0 Å². The van der Waals surface area contributed by atoms with Gasteiger partial charge in [0.1, 0.15) is 0 Å². The number of halogens is 5. The second-order valence-corrected chi connectivity index (χ2v) is 9.30. The Balaban J connectivity index is 1.87. The topological polar surface area (TPSA) is 75.3 Å². The van der Waals surface area contributed by atoms with Crippen LogP contribution in [0.5, 0.6) is 0 Å². The molecule has 3 aromatic rings. The van der Waals surface area contributed by atoms with E-state index in [4.69, 9.17) is 11.6 Å². The predicted octanol–water partition coefficient (Wildman–Crippen LogP) is 6.17. The molecule has 0 atom stereocenters. The number of amides is 1. The highest BCUT2D eigenvalue weighted by Crippen LogP contribution is 2.34. The van der Waals surface area contributed by atoms with E-state index in [2.05, 4.69) is 21.2 Å². The summed E-state index contributed by atoms with van der Waals surface area (Å²) in [6.45, 7) is 0. The van der Waals surface area contributed by atoms with Crippen LogP contribution in [0.2, 0.25) is 5.02 Å². The molecule has 3 aromatic carbocycles. The second kappa shape index (κ2) is 8.89. The fourth-order valence-corrected chi connectivity index (χ4v) is 4.29. The van der Waals surface area contributed by atoms with Crippen molar-refractivity contribution < 1.29 is 26.4 Å². The zero-order valence-electron chi connectivity index (χ0n) is 15.4. The summed E-state index contributed by atoms with van der Waals surface area (Å²) in [5.41, 5.74) is -0.961. The third kappa shape index (κ3) is 5.78. The van der Waals surface area contributed by atoms with E-state index < -0.39 is 33.4 Å². The zero-order chi connectivity index (χ0) is 22.8. The van der Waals surface area contributed by atoms with Crippen LogP contribution in [-0.4, -0.2) is 14.3 Å². The van der Waals surface area contributed by atoms with Gasteiger partial charge in [-0.3, -0.25) is 9.52 Å². The van der Waals surface area contributed by atoms with Crippen molar-refractivity contribution in [3.8, 4) is 0 Å². The summed E-state index contributed by atoms with van der Waals surface area (Å²) in [6.07, 6.45) is -4.67. The molecule has 0 fully saturated rings. The molecule has 1 amide bonds. The Morgan fingerprint density at radius 2 is 1.68 bits per heavy atom. The number of nitrogens with one attached hydrogen (secondary N) is 2. The van der Waals surface area contributed by atoms with Crippen LogP contribution in [0.1, 0.15) is 15.9 Å². The van der Waals surface area contributed by atoms with Crippen molar-refractivity contribution in [3.63, 3.8) is 0 Å². The lowest BCUT2D eigenvalue weighted by atomic mass is 10.2. The van der Waals surface area contributed by atoms with Crippen LogP contribution in [0.3, 0.4) is 0 Å². The summed E-state index contributed by atoms with van der Waals surface area (Å²) in [5, 5.41) is 2.42. The van der Waals surface area contributed by atoms with Gasteiger partial charge in [0.2, 0.25) is 0 Å². The molecule has 0 heterocycles. The number of sulfonamides is 1. The van der Waals surface area contributed by atoms with E-state index in [1.807, 2.05) is 4.72 Å². The first-order chi connectivity index (χ1) is 14.5. The van der Waals surface area contributed by atoms with Gasteiger partial charge < -0.3 is 5.32 Å². The largest absolute Gasteiger partial charge is 0.416 e. The maximum atomic E-state index is 12.9. The minimum absolute atomic E-state index is 0.0398. The van der Waals surface area contributed by atoms with E-state index in [1.165, 1.54) is 18.2 Å². The molecule has 0 saturated carbocycles. The molecule has 31 heavy (non-hydrogen) atoms. The lowest BCUT2D eigenvalue weighted by Gasteiger charge is -2.13. The maximum absolute atomic E-state index is 12.9. The smallest absolute Gasteiger partial charge is 0.322 e. The lowest BCUT2D eigenvalue weighted by molar-refractivity contribution is -0.137. The minimum atomic E-state index is -4.67. The van der Waals surface area contributed by atoms with Crippen LogP contribution < -0.4 is 10.0 Å². The van der Waals surface area contributed by atoms with Crippen molar-refractivity contribution in [2.45, 2.75) is 11.1 Å². The fourth-order valence-electron chi connectivity index (χ4n) is 2.56. The highest BCUT2D eigenvalue weighted by atomic mass is 79.9. The number of rotatable bonds is 5. The van der Waals surface area contributed by atoms with E-state index in [9.17, 15) is 26.4 Å². The van der Waals surface area contributed by atoms with E-state index in [1.54, 1.807) is 24.3 Å². The molecule has 162 valence electrons. The van der Waals surface area contributed by atoms with Crippen molar-refractivity contribution in [3.05, 3.63) is 87.4 Å². The van der Waals surface area contributed by atoms with Crippen molar-refractivity contribution in [2.75, 3.05) is 10.0 Å². The van der Waals surface area contributed by atoms with Crippen LogP contribution in [0.15, 0.2) is 76.1 Å². The summed E-state index contributed by atoms with van der Waals surface area (Å²) in [7, 11) is -4.32. The molecule has 0 aliphatic carbocycles. The van der Waals surface area contributed by atoms with Gasteiger partial charge in [-0.2, -0.15) is 13.2 Å². The predicted molar refractivity (Wildman–Crippen MR) is 116 cm³/mol. The first-order valence-corrected chi connectivity index (χ1v) is 11.2. The highest BCUT2D eigenvalue weighted by molar-refractivity contribution is 9.10. The summed E-state index contributed by atoms with van der Waals surface area (Å²) in [5.74, 6) is -0.563. The molecule has 0 saturated heterocycles. The number of carbonyl (C=O) groups excluding carboxylic acids is 1. The van der Waals surface area contributed by atoms with Crippen molar-refractivity contribution in [1.82, 2.24) is 0 Å². The molecule has 0 aliphatic rings. The molecule has 0 bridgehead atoms. The molecular weight excluding hydrogens is 521 g/mol. The molecule has 0 aromatic heterocycles. The van der Waals surface area contributed by atoms with Crippen LogP contribution in [0.25, 0.3) is 0 Å². The van der Waals surface area contributed by atoms with Gasteiger partial charge in [0.15, 0.2) is 0 Å². The highest BCUT2D eigenvalue weighted by Gasteiger charge is 2.31. The van der Waals surface area contributed by atoms with Gasteiger partial charge in [-0.25, -0.2) is 8.42 Å². The van der Waals surface area contributed by atoms with Crippen molar-refractivity contribution >= 4 is 54.8 Å². The monoisotopic (exact) mass is 532 g/mol. The Hall–Kier alpha value is -2.56. The third-order valence-electron chi connectivity index (χ3n) is 4.03. The first kappa shape index (κ1) is 23.1. The Morgan fingerprint density at radius 1 is 0.968 bits per heavy atom. The fraction of sp³-hybridized carbons (Fsp3) is 0.0500. The van der Waals surface area contributed by atoms with Crippen LogP contribution in [0.4, 0.5) is 24.5 Å². The minimum Gasteiger partial charge on any atom is -0.322 e. The molecule has 3 rings (SSSR count). The van der Waals surface area contributed by atoms with Gasteiger partial charge in [0.25, 0.3) is 15.9 Å². The molecule has 2 N–H and O–H groups in total. The van der Waals surface area contributed by atoms with Gasteiger partial charge in [0, 0.05) is 15.7 Å². The quantitative estimate of drug-likeness (QED) is 0.412.